The third-order valence-corrected chi connectivity index (χ3v) is 8.89. The van der Waals surface area contributed by atoms with Gasteiger partial charge >= 0.3 is 5.69 Å². The van der Waals surface area contributed by atoms with Crippen LogP contribution in [0.4, 0.5) is 10.2 Å². The molecule has 0 bridgehead atoms. The maximum Gasteiger partial charge on any atom is 0.355 e. The predicted molar refractivity (Wildman–Crippen MR) is 167 cm³/mol. The SMILES string of the molecule is C=CC(=O)N1C[C@H](C)N(c2nc(=O)n(C3=C(C)C=CNC3(C)C(C)C)c3nc(-c4ccccc4F)c(Cl)cc23)C[C@H]1C. The molecule has 10 heteroatoms. The summed E-state index contributed by atoms with van der Waals surface area (Å²) in [6.45, 7) is 16.6. The van der Waals surface area contributed by atoms with Gasteiger partial charge in [-0.2, -0.15) is 4.98 Å². The molecule has 1 N–H and O–H groups in total. The van der Waals surface area contributed by atoms with E-state index in [9.17, 15) is 9.59 Å². The van der Waals surface area contributed by atoms with Crippen molar-refractivity contribution in [1.29, 1.82) is 0 Å². The monoisotopic (exact) mass is 590 g/mol. The van der Waals surface area contributed by atoms with E-state index < -0.39 is 17.0 Å². The number of piperazine rings is 1. The maximum absolute atomic E-state index is 15.0. The number of fused-ring (bicyclic) bond motifs is 1. The van der Waals surface area contributed by atoms with Gasteiger partial charge in [-0.1, -0.05) is 44.2 Å². The summed E-state index contributed by atoms with van der Waals surface area (Å²) in [6.07, 6.45) is 5.12. The summed E-state index contributed by atoms with van der Waals surface area (Å²) >= 11 is 6.82. The van der Waals surface area contributed by atoms with E-state index in [1.54, 1.807) is 29.2 Å². The molecule has 1 saturated heterocycles. The molecule has 2 aromatic heterocycles. The van der Waals surface area contributed by atoms with Crippen molar-refractivity contribution < 1.29 is 9.18 Å². The molecular formula is C32H36ClFN6O2. The number of allylic oxidation sites excluding steroid dienone is 2. The van der Waals surface area contributed by atoms with Crippen molar-refractivity contribution in [1.82, 2.24) is 24.8 Å². The number of hydrogen-bond acceptors (Lipinski definition) is 6. The van der Waals surface area contributed by atoms with Gasteiger partial charge in [0.1, 0.15) is 11.6 Å². The van der Waals surface area contributed by atoms with Crippen LogP contribution in [0.5, 0.6) is 0 Å². The van der Waals surface area contributed by atoms with Gasteiger partial charge in [0, 0.05) is 30.7 Å². The van der Waals surface area contributed by atoms with E-state index in [0.717, 1.165) is 5.57 Å². The zero-order chi connectivity index (χ0) is 30.5. The summed E-state index contributed by atoms with van der Waals surface area (Å²) in [5.41, 5.74) is 1.26. The van der Waals surface area contributed by atoms with Crippen molar-refractivity contribution >= 4 is 40.1 Å². The van der Waals surface area contributed by atoms with Crippen molar-refractivity contribution in [2.75, 3.05) is 18.0 Å². The van der Waals surface area contributed by atoms with Crippen LogP contribution in [-0.4, -0.2) is 56.1 Å². The summed E-state index contributed by atoms with van der Waals surface area (Å²) in [6, 6.07) is 7.69. The van der Waals surface area contributed by atoms with Crippen molar-refractivity contribution in [2.45, 2.75) is 59.2 Å². The molecule has 0 radical (unpaired) electrons. The fourth-order valence-corrected chi connectivity index (χ4v) is 6.21. The number of nitrogens with zero attached hydrogens (tertiary/aromatic N) is 5. The normalized spacial score (nSPS) is 22.6. The van der Waals surface area contributed by atoms with Crippen LogP contribution in [0.1, 0.15) is 41.5 Å². The van der Waals surface area contributed by atoms with Gasteiger partial charge in [0.05, 0.1) is 27.3 Å². The van der Waals surface area contributed by atoms with Crippen LogP contribution < -0.4 is 15.9 Å². The molecule has 1 aromatic carbocycles. The van der Waals surface area contributed by atoms with Gasteiger partial charge in [-0.05, 0) is 75.7 Å². The van der Waals surface area contributed by atoms with Gasteiger partial charge in [-0.25, -0.2) is 18.7 Å². The van der Waals surface area contributed by atoms with Crippen LogP contribution in [0.25, 0.3) is 28.0 Å². The lowest BCUT2D eigenvalue weighted by molar-refractivity contribution is -0.128. The molecule has 0 aliphatic carbocycles. The highest BCUT2D eigenvalue weighted by Crippen LogP contribution is 2.39. The van der Waals surface area contributed by atoms with Crippen LogP contribution >= 0.6 is 11.6 Å². The maximum atomic E-state index is 15.0. The van der Waals surface area contributed by atoms with Gasteiger partial charge in [0.25, 0.3) is 0 Å². The fraction of sp³-hybridized carbons (Fsp3) is 0.375. The number of hydrogen-bond donors (Lipinski definition) is 1. The zero-order valence-corrected chi connectivity index (χ0v) is 25.5. The number of halogens is 2. The molecule has 1 unspecified atom stereocenters. The largest absolute Gasteiger partial charge is 0.380 e. The molecule has 1 amide bonds. The highest BCUT2D eigenvalue weighted by molar-refractivity contribution is 6.34. The lowest BCUT2D eigenvalue weighted by Crippen LogP contribution is -2.58. The third-order valence-electron chi connectivity index (χ3n) is 8.61. The second kappa shape index (κ2) is 11.0. The first-order chi connectivity index (χ1) is 19.9. The van der Waals surface area contributed by atoms with Crippen molar-refractivity contribution in [2.24, 2.45) is 5.92 Å². The number of dihydropyridines is 1. The van der Waals surface area contributed by atoms with Gasteiger partial charge in [0.2, 0.25) is 5.91 Å². The molecular weight excluding hydrogens is 555 g/mol. The minimum Gasteiger partial charge on any atom is -0.380 e. The highest BCUT2D eigenvalue weighted by Gasteiger charge is 2.39. The van der Waals surface area contributed by atoms with Gasteiger partial charge in [0.15, 0.2) is 5.65 Å². The molecule has 0 saturated carbocycles. The Labute approximate surface area is 250 Å². The van der Waals surface area contributed by atoms with Crippen LogP contribution in [0.3, 0.4) is 0 Å². The third kappa shape index (κ3) is 4.79. The van der Waals surface area contributed by atoms with Crippen LogP contribution in [0.15, 0.2) is 65.6 Å². The average molecular weight is 591 g/mol. The predicted octanol–water partition coefficient (Wildman–Crippen LogP) is 5.63. The van der Waals surface area contributed by atoms with Crippen LogP contribution in [0.2, 0.25) is 5.02 Å². The number of pyridine rings is 1. The first-order valence-corrected chi connectivity index (χ1v) is 14.5. The Kier molecular flexibility index (Phi) is 7.74. The molecule has 3 atom stereocenters. The van der Waals surface area contributed by atoms with Gasteiger partial charge in [-0.15, -0.1) is 0 Å². The molecule has 4 heterocycles. The molecule has 220 valence electrons. The molecule has 1 fully saturated rings. The lowest BCUT2D eigenvalue weighted by atomic mass is 9.81. The Bertz CT molecular complexity index is 1710. The average Bonchev–Trinajstić information content (AvgIpc) is 2.94. The van der Waals surface area contributed by atoms with Gasteiger partial charge in [-0.3, -0.25) is 4.79 Å². The highest BCUT2D eigenvalue weighted by atomic mass is 35.5. The molecule has 2 aliphatic rings. The Hall–Kier alpha value is -3.98. The summed E-state index contributed by atoms with van der Waals surface area (Å²) in [7, 11) is 0. The Morgan fingerprint density at radius 3 is 2.60 bits per heavy atom. The first kappa shape index (κ1) is 29.5. The second-order valence-corrected chi connectivity index (χ2v) is 12.0. The van der Waals surface area contributed by atoms with E-state index in [1.165, 1.54) is 16.7 Å². The summed E-state index contributed by atoms with van der Waals surface area (Å²) < 4.78 is 16.6. The van der Waals surface area contributed by atoms with E-state index in [0.29, 0.717) is 35.6 Å². The smallest absolute Gasteiger partial charge is 0.355 e. The number of nitrogens with one attached hydrogen (secondary N) is 1. The fourth-order valence-electron chi connectivity index (χ4n) is 5.96. The van der Waals surface area contributed by atoms with E-state index in [4.69, 9.17) is 16.6 Å². The molecule has 2 aliphatic heterocycles. The van der Waals surface area contributed by atoms with Crippen molar-refractivity contribution in [3.63, 3.8) is 0 Å². The molecule has 42 heavy (non-hydrogen) atoms. The number of carbonyl (C=O) groups excluding carboxylic acids is 1. The molecule has 5 rings (SSSR count). The second-order valence-electron chi connectivity index (χ2n) is 11.6. The minimum absolute atomic E-state index is 0.0868. The topological polar surface area (TPSA) is 83.4 Å². The quantitative estimate of drug-likeness (QED) is 0.388. The van der Waals surface area contributed by atoms with E-state index >= 15 is 4.39 Å². The minimum atomic E-state index is -0.628. The van der Waals surface area contributed by atoms with Crippen molar-refractivity contribution in [3.05, 3.63) is 82.2 Å². The van der Waals surface area contributed by atoms with Gasteiger partial charge < -0.3 is 15.1 Å². The molecule has 8 nitrogen and oxygen atoms in total. The number of rotatable bonds is 5. The number of amides is 1. The zero-order valence-electron chi connectivity index (χ0n) is 24.8. The number of benzene rings is 1. The van der Waals surface area contributed by atoms with Crippen LogP contribution in [-0.2, 0) is 4.79 Å². The number of aromatic nitrogens is 3. The lowest BCUT2D eigenvalue weighted by Gasteiger charge is -2.45. The summed E-state index contributed by atoms with van der Waals surface area (Å²) in [4.78, 5) is 40.0. The Balaban J connectivity index is 1.82. The van der Waals surface area contributed by atoms with E-state index in [2.05, 4.69) is 30.7 Å². The Morgan fingerprint density at radius 1 is 1.21 bits per heavy atom. The first-order valence-electron chi connectivity index (χ1n) is 14.1. The molecule has 0 spiro atoms. The number of anilines is 1. The molecule has 3 aromatic rings. The van der Waals surface area contributed by atoms with E-state index in [-0.39, 0.29) is 40.2 Å². The van der Waals surface area contributed by atoms with E-state index in [1.807, 2.05) is 44.9 Å². The van der Waals surface area contributed by atoms with Crippen LogP contribution in [0, 0.1) is 11.7 Å². The van der Waals surface area contributed by atoms with Crippen molar-refractivity contribution in [3.8, 4) is 11.3 Å². The number of carbonyl (C=O) groups is 1. The summed E-state index contributed by atoms with van der Waals surface area (Å²) in [5.74, 6) is -0.0995. The summed E-state index contributed by atoms with van der Waals surface area (Å²) in [5, 5.41) is 4.24. The Morgan fingerprint density at radius 2 is 1.93 bits per heavy atom. The standard InChI is InChI=1S/C32H36ClFN6O2/c1-8-26(41)38-16-21(6)39(17-20(38)5)29-23-15-24(33)27(22-11-9-10-12-25(22)34)36-30(23)40(31(42)37-29)28-19(4)13-14-35-32(28,7)18(2)3/h8-15,18,20-21,35H,1,16-17H2,2-7H3/t20-,21+,32?/m1/s1.